The summed E-state index contributed by atoms with van der Waals surface area (Å²) in [5.41, 5.74) is 9.08. The summed E-state index contributed by atoms with van der Waals surface area (Å²) < 4.78 is 3.89. The summed E-state index contributed by atoms with van der Waals surface area (Å²) in [6, 6.07) is 18.0. The normalized spacial score (nSPS) is 10.8. The zero-order valence-electron chi connectivity index (χ0n) is 13.6. The van der Waals surface area contributed by atoms with Crippen LogP contribution in [0.15, 0.2) is 63.9 Å². The number of nitrogens with two attached hydrogens (primary N) is 1. The molecule has 0 spiro atoms. The van der Waals surface area contributed by atoms with E-state index in [1.807, 2.05) is 49.5 Å². The lowest BCUT2D eigenvalue weighted by molar-refractivity contribution is 0.628. The van der Waals surface area contributed by atoms with Crippen molar-refractivity contribution < 1.29 is 0 Å². The molecule has 0 amide bonds. The average Bonchev–Trinajstić information content (AvgIpc) is 2.83. The first kappa shape index (κ1) is 17.6. The first-order valence-electron chi connectivity index (χ1n) is 7.58. The molecule has 0 saturated carbocycles. The lowest BCUT2D eigenvalue weighted by Crippen LogP contribution is -2.19. The molecule has 0 aliphatic rings. The molecule has 0 aliphatic carbocycles. The number of hydrogen-bond acceptors (Lipinski definition) is 3. The van der Waals surface area contributed by atoms with E-state index in [9.17, 15) is 4.79 Å². The number of aromatic nitrogens is 2. The van der Waals surface area contributed by atoms with Crippen LogP contribution in [-0.4, -0.2) is 14.5 Å². The zero-order chi connectivity index (χ0) is 18.0. The monoisotopic (exact) mass is 416 g/mol. The van der Waals surface area contributed by atoms with Crippen LogP contribution in [0.25, 0.3) is 16.8 Å². The highest BCUT2D eigenvalue weighted by atomic mass is 79.9. The Morgan fingerprint density at radius 2 is 1.72 bits per heavy atom. The van der Waals surface area contributed by atoms with Gasteiger partial charge in [0.2, 0.25) is 0 Å². The van der Waals surface area contributed by atoms with E-state index in [1.54, 1.807) is 9.36 Å². The minimum atomic E-state index is -0.130. The zero-order valence-corrected chi connectivity index (χ0v) is 16.0. The van der Waals surface area contributed by atoms with Crippen molar-refractivity contribution in [1.29, 1.82) is 5.41 Å². The molecule has 0 radical (unpaired) electrons. The molecule has 5 nitrogen and oxygen atoms in total. The van der Waals surface area contributed by atoms with E-state index >= 15 is 0 Å². The highest BCUT2D eigenvalue weighted by Crippen LogP contribution is 2.23. The number of halogens is 1. The topological polar surface area (TPSA) is 76.8 Å². The Hall–Kier alpha value is -2.25. The number of hydrogen-bond donors (Lipinski definition) is 2. The summed E-state index contributed by atoms with van der Waals surface area (Å²) in [6.07, 6.45) is 0. The van der Waals surface area contributed by atoms with E-state index in [4.69, 9.17) is 11.1 Å². The summed E-state index contributed by atoms with van der Waals surface area (Å²) in [7, 11) is 1.83. The van der Waals surface area contributed by atoms with Crippen molar-refractivity contribution in [2.75, 3.05) is 0 Å². The van der Waals surface area contributed by atoms with E-state index in [0.717, 1.165) is 22.5 Å². The molecular formula is C18H17BrN4OS. The third kappa shape index (κ3) is 3.57. The maximum atomic E-state index is 12.6. The molecule has 0 aliphatic heterocycles. The summed E-state index contributed by atoms with van der Waals surface area (Å²) in [5, 5.41) is 7.37. The SMILES string of the molecule is Cn1c(CSC(=N)N)c(Br)c(=O)n1-c1ccc(-c2ccccc2)cc1. The minimum Gasteiger partial charge on any atom is -0.379 e. The molecule has 0 bridgehead atoms. The molecule has 0 atom stereocenters. The fourth-order valence-electron chi connectivity index (χ4n) is 2.63. The van der Waals surface area contributed by atoms with Crippen LogP contribution < -0.4 is 11.3 Å². The van der Waals surface area contributed by atoms with Gasteiger partial charge in [-0.05, 0) is 39.2 Å². The Balaban J connectivity index is 1.98. The Bertz CT molecular complexity index is 961. The third-order valence-corrected chi connectivity index (χ3v) is 5.43. The van der Waals surface area contributed by atoms with Crippen LogP contribution in [0.5, 0.6) is 0 Å². The van der Waals surface area contributed by atoms with Gasteiger partial charge in [0.25, 0.3) is 5.56 Å². The van der Waals surface area contributed by atoms with Crippen LogP contribution in [0.4, 0.5) is 0 Å². The van der Waals surface area contributed by atoms with Crippen molar-refractivity contribution in [3.05, 3.63) is 75.1 Å². The summed E-state index contributed by atoms with van der Waals surface area (Å²) >= 11 is 4.56. The van der Waals surface area contributed by atoms with Gasteiger partial charge in [0, 0.05) is 12.8 Å². The summed E-state index contributed by atoms with van der Waals surface area (Å²) in [5.74, 6) is 0.455. The molecule has 2 aromatic carbocycles. The maximum Gasteiger partial charge on any atom is 0.286 e. The number of amidine groups is 1. The van der Waals surface area contributed by atoms with Crippen LogP contribution in [0.1, 0.15) is 5.69 Å². The quantitative estimate of drug-likeness (QED) is 0.502. The highest BCUT2D eigenvalue weighted by Gasteiger charge is 2.17. The predicted molar refractivity (Wildman–Crippen MR) is 107 cm³/mol. The van der Waals surface area contributed by atoms with Crippen molar-refractivity contribution in [1.82, 2.24) is 9.36 Å². The van der Waals surface area contributed by atoms with E-state index < -0.39 is 0 Å². The van der Waals surface area contributed by atoms with Crippen molar-refractivity contribution in [2.24, 2.45) is 12.8 Å². The van der Waals surface area contributed by atoms with Crippen molar-refractivity contribution in [2.45, 2.75) is 5.75 Å². The summed E-state index contributed by atoms with van der Waals surface area (Å²) in [4.78, 5) is 12.6. The van der Waals surface area contributed by atoms with Gasteiger partial charge >= 0.3 is 0 Å². The third-order valence-electron chi connectivity index (χ3n) is 3.91. The maximum absolute atomic E-state index is 12.6. The molecular weight excluding hydrogens is 400 g/mol. The first-order chi connectivity index (χ1) is 12.0. The van der Waals surface area contributed by atoms with Gasteiger partial charge in [-0.3, -0.25) is 14.9 Å². The van der Waals surface area contributed by atoms with Crippen LogP contribution in [0, 0.1) is 5.41 Å². The van der Waals surface area contributed by atoms with Gasteiger partial charge in [-0.2, -0.15) is 0 Å². The van der Waals surface area contributed by atoms with Crippen molar-refractivity contribution in [3.8, 4) is 16.8 Å². The van der Waals surface area contributed by atoms with Gasteiger partial charge in [0.15, 0.2) is 5.17 Å². The molecule has 0 fully saturated rings. The van der Waals surface area contributed by atoms with E-state index in [0.29, 0.717) is 10.2 Å². The van der Waals surface area contributed by atoms with Crippen LogP contribution in [-0.2, 0) is 12.8 Å². The fraction of sp³-hybridized carbons (Fsp3) is 0.111. The second-order valence-corrected chi connectivity index (χ2v) is 7.28. The number of benzene rings is 2. The second kappa shape index (κ2) is 7.33. The van der Waals surface area contributed by atoms with E-state index in [2.05, 4.69) is 28.1 Å². The van der Waals surface area contributed by atoms with E-state index in [1.165, 1.54) is 11.8 Å². The van der Waals surface area contributed by atoms with Crippen molar-refractivity contribution in [3.63, 3.8) is 0 Å². The first-order valence-corrected chi connectivity index (χ1v) is 9.36. The number of rotatable bonds is 4. The molecule has 1 heterocycles. The Kier molecular flexibility index (Phi) is 5.15. The van der Waals surface area contributed by atoms with Gasteiger partial charge in [0.05, 0.1) is 11.4 Å². The highest BCUT2D eigenvalue weighted by molar-refractivity contribution is 9.10. The largest absolute Gasteiger partial charge is 0.379 e. The lowest BCUT2D eigenvalue weighted by atomic mass is 10.1. The second-order valence-electron chi connectivity index (χ2n) is 5.47. The molecule has 0 unspecified atom stereocenters. The fourth-order valence-corrected chi connectivity index (χ4v) is 4.01. The Labute approximate surface area is 158 Å². The van der Waals surface area contributed by atoms with Gasteiger partial charge in [-0.15, -0.1) is 0 Å². The Morgan fingerprint density at radius 1 is 1.12 bits per heavy atom. The molecule has 25 heavy (non-hydrogen) atoms. The molecule has 3 rings (SSSR count). The Morgan fingerprint density at radius 3 is 2.32 bits per heavy atom. The standard InChI is InChI=1S/C18H17BrN4OS/c1-22-15(11-25-18(20)21)16(19)17(24)23(22)14-9-7-13(8-10-14)12-5-3-2-4-6-12/h2-10H,11H2,1H3,(H3,20,21). The summed E-state index contributed by atoms with van der Waals surface area (Å²) in [6.45, 7) is 0. The predicted octanol–water partition coefficient (Wildman–Crippen LogP) is 3.73. The van der Waals surface area contributed by atoms with Crippen molar-refractivity contribution >= 4 is 32.9 Å². The minimum absolute atomic E-state index is 0.0271. The van der Waals surface area contributed by atoms with Crippen LogP contribution >= 0.6 is 27.7 Å². The molecule has 7 heteroatoms. The smallest absolute Gasteiger partial charge is 0.286 e. The van der Waals surface area contributed by atoms with Crippen LogP contribution in [0.3, 0.4) is 0 Å². The van der Waals surface area contributed by atoms with Gasteiger partial charge in [0.1, 0.15) is 4.47 Å². The number of nitrogens with one attached hydrogen (secondary N) is 1. The van der Waals surface area contributed by atoms with Gasteiger partial charge in [-0.1, -0.05) is 54.2 Å². The van der Waals surface area contributed by atoms with E-state index in [-0.39, 0.29) is 10.7 Å². The number of nitrogens with zero attached hydrogens (tertiary/aromatic N) is 2. The average molecular weight is 417 g/mol. The molecule has 3 N–H and O–H groups in total. The van der Waals surface area contributed by atoms with Gasteiger partial charge < -0.3 is 5.73 Å². The number of thioether (sulfide) groups is 1. The molecule has 3 aromatic rings. The molecule has 1 aromatic heterocycles. The lowest BCUT2D eigenvalue weighted by Gasteiger charge is -2.10. The van der Waals surface area contributed by atoms with Gasteiger partial charge in [-0.25, -0.2) is 4.68 Å². The van der Waals surface area contributed by atoms with Crippen LogP contribution in [0.2, 0.25) is 0 Å². The molecule has 128 valence electrons. The molecule has 0 saturated heterocycles.